The van der Waals surface area contributed by atoms with Gasteiger partial charge in [-0.15, -0.1) is 0 Å². The first-order valence-corrected chi connectivity index (χ1v) is 9.48. The van der Waals surface area contributed by atoms with Crippen molar-refractivity contribution in [3.63, 3.8) is 0 Å². The molecule has 3 aromatic rings. The van der Waals surface area contributed by atoms with Gasteiger partial charge in [0.2, 0.25) is 5.91 Å². The van der Waals surface area contributed by atoms with Crippen molar-refractivity contribution in [2.45, 2.75) is 18.8 Å². The normalized spacial score (nSPS) is 14.9. The molecule has 1 aromatic carbocycles. The molecule has 0 radical (unpaired) electrons. The van der Waals surface area contributed by atoms with Gasteiger partial charge in [-0.05, 0) is 43.2 Å². The van der Waals surface area contributed by atoms with Gasteiger partial charge in [0, 0.05) is 24.6 Å². The molecule has 29 heavy (non-hydrogen) atoms. The molecule has 0 aliphatic carbocycles. The van der Waals surface area contributed by atoms with Crippen LogP contribution >= 0.6 is 0 Å². The molecular formula is C21H23N5O3. The van der Waals surface area contributed by atoms with Crippen LogP contribution in [-0.2, 0) is 4.79 Å². The second kappa shape index (κ2) is 7.46. The number of carbonyl (C=O) groups is 2. The van der Waals surface area contributed by atoms with Crippen LogP contribution in [0.4, 0.5) is 0 Å². The first kappa shape index (κ1) is 18.8. The number of aromatic nitrogens is 3. The third-order valence-corrected chi connectivity index (χ3v) is 5.51. The van der Waals surface area contributed by atoms with E-state index in [1.807, 2.05) is 28.8 Å². The fraction of sp³-hybridized carbons (Fsp3) is 0.286. The summed E-state index contributed by atoms with van der Waals surface area (Å²) in [7, 11) is 1.60. The average Bonchev–Trinajstić information content (AvgIpc) is 3.32. The third-order valence-electron chi connectivity index (χ3n) is 5.51. The van der Waals surface area contributed by atoms with Crippen molar-refractivity contribution >= 4 is 17.5 Å². The van der Waals surface area contributed by atoms with E-state index in [1.165, 1.54) is 6.08 Å². The summed E-state index contributed by atoms with van der Waals surface area (Å²) in [5, 5.41) is 3.31. The van der Waals surface area contributed by atoms with E-state index in [9.17, 15) is 9.59 Å². The van der Waals surface area contributed by atoms with E-state index in [-0.39, 0.29) is 11.8 Å². The number of benzene rings is 1. The Bertz CT molecular complexity index is 1070. The number of piperidine rings is 1. The van der Waals surface area contributed by atoms with Crippen LogP contribution < -0.4 is 10.5 Å². The number of rotatable bonds is 5. The molecule has 3 N–H and O–H groups in total. The topological polar surface area (TPSA) is 106 Å². The van der Waals surface area contributed by atoms with Crippen molar-refractivity contribution in [1.82, 2.24) is 19.5 Å². The highest BCUT2D eigenvalue weighted by atomic mass is 16.5. The number of nitrogens with two attached hydrogens (primary N) is 1. The molecule has 1 fully saturated rings. The zero-order valence-electron chi connectivity index (χ0n) is 16.2. The van der Waals surface area contributed by atoms with Crippen molar-refractivity contribution in [3.05, 3.63) is 54.4 Å². The van der Waals surface area contributed by atoms with Crippen molar-refractivity contribution in [3.8, 4) is 17.0 Å². The average molecular weight is 393 g/mol. The molecule has 2 amide bonds. The summed E-state index contributed by atoms with van der Waals surface area (Å²) < 4.78 is 7.05. The predicted octanol–water partition coefficient (Wildman–Crippen LogP) is 2.33. The van der Waals surface area contributed by atoms with E-state index in [2.05, 4.69) is 16.7 Å². The summed E-state index contributed by atoms with van der Waals surface area (Å²) in [5.74, 6) is 0.374. The molecule has 4 rings (SSSR count). The molecule has 0 bridgehead atoms. The Morgan fingerprint density at radius 1 is 1.28 bits per heavy atom. The number of fused-ring (bicyclic) bond motifs is 1. The third kappa shape index (κ3) is 3.26. The molecule has 8 nitrogen and oxygen atoms in total. The summed E-state index contributed by atoms with van der Waals surface area (Å²) in [6, 6.07) is 7.40. The van der Waals surface area contributed by atoms with E-state index < -0.39 is 5.91 Å². The van der Waals surface area contributed by atoms with Crippen LogP contribution in [0.5, 0.6) is 5.75 Å². The molecule has 1 aliphatic heterocycles. The van der Waals surface area contributed by atoms with Crippen LogP contribution in [0.3, 0.4) is 0 Å². The van der Waals surface area contributed by atoms with Gasteiger partial charge in [0.05, 0.1) is 24.7 Å². The van der Waals surface area contributed by atoms with E-state index in [0.717, 1.165) is 29.8 Å². The minimum Gasteiger partial charge on any atom is -0.497 e. The summed E-state index contributed by atoms with van der Waals surface area (Å²) in [6.45, 7) is 4.88. The van der Waals surface area contributed by atoms with E-state index >= 15 is 0 Å². The predicted molar refractivity (Wildman–Crippen MR) is 109 cm³/mol. The summed E-state index contributed by atoms with van der Waals surface area (Å²) in [5.41, 5.74) is 8.99. The maximum atomic E-state index is 12.2. The van der Waals surface area contributed by atoms with E-state index in [1.54, 1.807) is 18.2 Å². The number of H-pyrrole nitrogens is 1. The molecule has 150 valence electrons. The second-order valence-electron chi connectivity index (χ2n) is 7.10. The van der Waals surface area contributed by atoms with Crippen LogP contribution in [0.1, 0.15) is 34.8 Å². The highest BCUT2D eigenvalue weighted by Crippen LogP contribution is 2.32. The van der Waals surface area contributed by atoms with Crippen LogP contribution in [0.15, 0.2) is 43.1 Å². The number of hydrogen-bond donors (Lipinski definition) is 2. The zero-order valence-corrected chi connectivity index (χ0v) is 16.2. The molecule has 3 heterocycles. The highest BCUT2D eigenvalue weighted by Gasteiger charge is 2.28. The number of amides is 2. The molecule has 2 aromatic heterocycles. The molecule has 1 aliphatic rings. The molecule has 0 atom stereocenters. The highest BCUT2D eigenvalue weighted by molar-refractivity contribution is 6.04. The lowest BCUT2D eigenvalue weighted by Gasteiger charge is -2.30. The maximum Gasteiger partial charge on any atom is 0.254 e. The van der Waals surface area contributed by atoms with Crippen molar-refractivity contribution in [1.29, 1.82) is 0 Å². The van der Waals surface area contributed by atoms with Gasteiger partial charge >= 0.3 is 0 Å². The summed E-state index contributed by atoms with van der Waals surface area (Å²) >= 11 is 0. The van der Waals surface area contributed by atoms with Gasteiger partial charge < -0.3 is 15.4 Å². The van der Waals surface area contributed by atoms with Crippen molar-refractivity contribution in [2.24, 2.45) is 5.73 Å². The standard InChI is InChI=1S/C21H23N5O3/c1-3-17(27)25-10-8-13(9-11-25)16-12-23-21-18(20(22)28)19(24-26(16)21)14-4-6-15(29-2)7-5-14/h3-7,12-13,24H,1,8-11H2,2H3,(H2,22,28). The minimum atomic E-state index is -0.536. The Morgan fingerprint density at radius 2 is 1.97 bits per heavy atom. The number of hydrogen-bond acceptors (Lipinski definition) is 4. The number of methoxy groups -OCH3 is 1. The van der Waals surface area contributed by atoms with Gasteiger partial charge in [-0.25, -0.2) is 9.50 Å². The van der Waals surface area contributed by atoms with Crippen molar-refractivity contribution in [2.75, 3.05) is 20.2 Å². The lowest BCUT2D eigenvalue weighted by molar-refractivity contribution is -0.127. The SMILES string of the molecule is C=CC(=O)N1CCC(c2cnc3c(C(N)=O)c(-c4ccc(OC)cc4)[nH]n23)CC1. The number of nitrogens with zero attached hydrogens (tertiary/aromatic N) is 3. The first-order valence-electron chi connectivity index (χ1n) is 9.48. The van der Waals surface area contributed by atoms with Gasteiger partial charge in [-0.2, -0.15) is 0 Å². The van der Waals surface area contributed by atoms with Crippen LogP contribution in [0, 0.1) is 0 Å². The second-order valence-corrected chi connectivity index (χ2v) is 7.10. The Labute approximate surface area is 167 Å². The van der Waals surface area contributed by atoms with Gasteiger partial charge in [-0.1, -0.05) is 6.58 Å². The first-order chi connectivity index (χ1) is 14.0. The lowest BCUT2D eigenvalue weighted by atomic mass is 9.94. The fourth-order valence-electron chi connectivity index (χ4n) is 3.95. The molecular weight excluding hydrogens is 370 g/mol. The minimum absolute atomic E-state index is 0.0421. The van der Waals surface area contributed by atoms with Gasteiger partial charge in [-0.3, -0.25) is 14.7 Å². The molecule has 0 unspecified atom stereocenters. The number of ether oxygens (including phenoxy) is 1. The largest absolute Gasteiger partial charge is 0.497 e. The van der Waals surface area contributed by atoms with Gasteiger partial charge in [0.15, 0.2) is 5.65 Å². The van der Waals surface area contributed by atoms with Crippen LogP contribution in [-0.4, -0.2) is 51.5 Å². The molecule has 0 saturated carbocycles. The lowest BCUT2D eigenvalue weighted by Crippen LogP contribution is -2.37. The number of carbonyl (C=O) groups excluding carboxylic acids is 2. The number of imidazole rings is 1. The maximum absolute atomic E-state index is 12.2. The molecule has 0 spiro atoms. The Hall–Kier alpha value is -3.55. The number of nitrogens with one attached hydrogen (secondary N) is 1. The quantitative estimate of drug-likeness (QED) is 0.649. The zero-order chi connectivity index (χ0) is 20.5. The van der Waals surface area contributed by atoms with Crippen LogP contribution in [0.25, 0.3) is 16.9 Å². The van der Waals surface area contributed by atoms with Crippen molar-refractivity contribution < 1.29 is 14.3 Å². The number of likely N-dealkylation sites (tertiary alicyclic amines) is 1. The Morgan fingerprint density at radius 3 is 2.55 bits per heavy atom. The number of aromatic amines is 1. The Balaban J connectivity index is 1.70. The summed E-state index contributed by atoms with van der Waals surface area (Å²) in [4.78, 5) is 30.3. The Kier molecular flexibility index (Phi) is 4.84. The molecule has 1 saturated heterocycles. The number of primary amides is 1. The monoisotopic (exact) mass is 393 g/mol. The van der Waals surface area contributed by atoms with Gasteiger partial charge in [0.1, 0.15) is 11.3 Å². The van der Waals surface area contributed by atoms with E-state index in [4.69, 9.17) is 10.5 Å². The van der Waals surface area contributed by atoms with E-state index in [0.29, 0.717) is 30.0 Å². The molecule has 8 heteroatoms. The van der Waals surface area contributed by atoms with Gasteiger partial charge in [0.25, 0.3) is 5.91 Å². The van der Waals surface area contributed by atoms with Crippen LogP contribution in [0.2, 0.25) is 0 Å². The summed E-state index contributed by atoms with van der Waals surface area (Å²) in [6.07, 6.45) is 4.76. The fourth-order valence-corrected chi connectivity index (χ4v) is 3.95. The smallest absolute Gasteiger partial charge is 0.254 e.